The summed E-state index contributed by atoms with van der Waals surface area (Å²) in [5.41, 5.74) is 2.02. The molecule has 5 nitrogen and oxygen atoms in total. The molecule has 100 valence electrons. The van der Waals surface area contributed by atoms with E-state index in [2.05, 4.69) is 5.32 Å². The molecule has 2 saturated heterocycles. The number of rotatable bonds is 3. The Bertz CT molecular complexity index is 384. The lowest BCUT2D eigenvalue weighted by atomic mass is 9.94. The third-order valence-corrected chi connectivity index (χ3v) is 3.80. The molecule has 2 aliphatic rings. The quantitative estimate of drug-likeness (QED) is 0.722. The van der Waals surface area contributed by atoms with E-state index in [1.54, 1.807) is 0 Å². The molecule has 0 spiro atoms. The molecule has 0 saturated carbocycles. The number of carboxylic acids is 1. The number of nitrogens with one attached hydrogen (secondary N) is 1. The van der Waals surface area contributed by atoms with Crippen LogP contribution in [0.2, 0.25) is 0 Å². The number of aliphatic carboxylic acids is 1. The number of hydrogen-bond donors (Lipinski definition) is 2. The van der Waals surface area contributed by atoms with E-state index in [0.717, 1.165) is 38.0 Å². The molecule has 1 amide bonds. The van der Waals surface area contributed by atoms with Gasteiger partial charge in [0, 0.05) is 38.2 Å². The number of piperidine rings is 1. The lowest BCUT2D eigenvalue weighted by molar-refractivity contribution is -0.140. The molecule has 0 aromatic rings. The van der Waals surface area contributed by atoms with Crippen LogP contribution >= 0.6 is 0 Å². The first-order chi connectivity index (χ1) is 8.58. The topological polar surface area (TPSA) is 69.6 Å². The second kappa shape index (κ2) is 5.52. The Morgan fingerprint density at radius 1 is 1.44 bits per heavy atom. The van der Waals surface area contributed by atoms with E-state index in [4.69, 9.17) is 5.11 Å². The molecule has 0 aliphatic carbocycles. The highest BCUT2D eigenvalue weighted by Gasteiger charge is 2.27. The van der Waals surface area contributed by atoms with E-state index in [9.17, 15) is 9.59 Å². The summed E-state index contributed by atoms with van der Waals surface area (Å²) in [6, 6.07) is 0. The van der Waals surface area contributed by atoms with Crippen LogP contribution in [0, 0.1) is 5.92 Å². The smallest absolute Gasteiger partial charge is 0.303 e. The van der Waals surface area contributed by atoms with Gasteiger partial charge in [0.1, 0.15) is 0 Å². The van der Waals surface area contributed by atoms with Crippen LogP contribution in [0.1, 0.15) is 26.2 Å². The van der Waals surface area contributed by atoms with Gasteiger partial charge in [-0.05, 0) is 31.3 Å². The zero-order valence-electron chi connectivity index (χ0n) is 10.7. The van der Waals surface area contributed by atoms with Crippen molar-refractivity contribution < 1.29 is 14.7 Å². The van der Waals surface area contributed by atoms with Crippen molar-refractivity contribution in [2.24, 2.45) is 5.92 Å². The lowest BCUT2D eigenvalue weighted by Crippen LogP contribution is -2.43. The molecule has 18 heavy (non-hydrogen) atoms. The van der Waals surface area contributed by atoms with Gasteiger partial charge in [0.2, 0.25) is 5.91 Å². The third kappa shape index (κ3) is 2.90. The van der Waals surface area contributed by atoms with Gasteiger partial charge in [0.25, 0.3) is 0 Å². The second-order valence-corrected chi connectivity index (χ2v) is 5.19. The molecular weight excluding hydrogens is 232 g/mol. The average Bonchev–Trinajstić information content (AvgIpc) is 2.25. The van der Waals surface area contributed by atoms with Gasteiger partial charge in [0.15, 0.2) is 0 Å². The maximum atomic E-state index is 12.3. The normalized spacial score (nSPS) is 23.5. The maximum absolute atomic E-state index is 12.3. The Morgan fingerprint density at radius 2 is 2.17 bits per heavy atom. The fourth-order valence-corrected chi connectivity index (χ4v) is 2.57. The van der Waals surface area contributed by atoms with Gasteiger partial charge < -0.3 is 15.3 Å². The first-order valence-electron chi connectivity index (χ1n) is 6.48. The fraction of sp³-hybridized carbons (Fsp3) is 0.692. The number of carbonyl (C=O) groups is 2. The Balaban J connectivity index is 1.96. The van der Waals surface area contributed by atoms with Gasteiger partial charge in [0.05, 0.1) is 0 Å². The highest BCUT2D eigenvalue weighted by Crippen LogP contribution is 2.22. The third-order valence-electron chi connectivity index (χ3n) is 3.80. The largest absolute Gasteiger partial charge is 0.481 e. The SMILES string of the molecule is CC(C(=O)N1CCCC(CC(=O)O)C1)=C1CNC1. The van der Waals surface area contributed by atoms with Gasteiger partial charge in [-0.3, -0.25) is 9.59 Å². The minimum absolute atomic E-state index is 0.0848. The van der Waals surface area contributed by atoms with Gasteiger partial charge in [-0.1, -0.05) is 0 Å². The summed E-state index contributed by atoms with van der Waals surface area (Å²) in [6.07, 6.45) is 1.98. The molecule has 2 fully saturated rings. The molecule has 2 aliphatic heterocycles. The molecule has 1 atom stereocenters. The lowest BCUT2D eigenvalue weighted by Gasteiger charge is -2.33. The molecule has 2 rings (SSSR count). The van der Waals surface area contributed by atoms with Crippen molar-refractivity contribution in [2.75, 3.05) is 26.2 Å². The van der Waals surface area contributed by atoms with Gasteiger partial charge in [-0.2, -0.15) is 0 Å². The zero-order valence-corrected chi connectivity index (χ0v) is 10.7. The van der Waals surface area contributed by atoms with Crippen LogP contribution in [0.15, 0.2) is 11.1 Å². The number of carboxylic acid groups (broad SMARTS) is 1. The van der Waals surface area contributed by atoms with Crippen molar-refractivity contribution in [3.05, 3.63) is 11.1 Å². The fourth-order valence-electron chi connectivity index (χ4n) is 2.57. The van der Waals surface area contributed by atoms with Gasteiger partial charge in [-0.15, -0.1) is 0 Å². The van der Waals surface area contributed by atoms with Gasteiger partial charge in [-0.25, -0.2) is 0 Å². The number of hydrogen-bond acceptors (Lipinski definition) is 3. The summed E-state index contributed by atoms with van der Waals surface area (Å²) >= 11 is 0. The molecule has 0 aromatic heterocycles. The zero-order chi connectivity index (χ0) is 13.1. The highest BCUT2D eigenvalue weighted by atomic mass is 16.4. The summed E-state index contributed by atoms with van der Waals surface area (Å²) < 4.78 is 0. The van der Waals surface area contributed by atoms with E-state index < -0.39 is 5.97 Å². The van der Waals surface area contributed by atoms with E-state index in [-0.39, 0.29) is 18.2 Å². The van der Waals surface area contributed by atoms with Crippen molar-refractivity contribution in [3.63, 3.8) is 0 Å². The van der Waals surface area contributed by atoms with Crippen LogP contribution in [-0.4, -0.2) is 48.1 Å². The number of amides is 1. The number of nitrogens with zero attached hydrogens (tertiary/aromatic N) is 1. The number of likely N-dealkylation sites (tertiary alicyclic amines) is 1. The van der Waals surface area contributed by atoms with Crippen molar-refractivity contribution in [2.45, 2.75) is 26.2 Å². The van der Waals surface area contributed by atoms with E-state index >= 15 is 0 Å². The predicted molar refractivity (Wildman–Crippen MR) is 67.1 cm³/mol. The Hall–Kier alpha value is -1.36. The summed E-state index contributed by atoms with van der Waals surface area (Å²) in [5.74, 6) is -0.577. The Kier molecular flexibility index (Phi) is 4.01. The molecular formula is C13H20N2O3. The molecule has 0 radical (unpaired) electrons. The molecule has 1 unspecified atom stereocenters. The van der Waals surface area contributed by atoms with E-state index in [1.807, 2.05) is 11.8 Å². The minimum Gasteiger partial charge on any atom is -0.481 e. The highest BCUT2D eigenvalue weighted by molar-refractivity contribution is 5.94. The van der Waals surface area contributed by atoms with Crippen LogP contribution in [-0.2, 0) is 9.59 Å². The van der Waals surface area contributed by atoms with Crippen molar-refractivity contribution >= 4 is 11.9 Å². The monoisotopic (exact) mass is 252 g/mol. The second-order valence-electron chi connectivity index (χ2n) is 5.19. The first-order valence-corrected chi connectivity index (χ1v) is 6.48. The summed E-state index contributed by atoms with van der Waals surface area (Å²) in [4.78, 5) is 24.8. The summed E-state index contributed by atoms with van der Waals surface area (Å²) in [5, 5.41) is 11.9. The molecule has 5 heteroatoms. The van der Waals surface area contributed by atoms with E-state index in [0.29, 0.717) is 6.54 Å². The number of carbonyl (C=O) groups excluding carboxylic acids is 1. The molecule has 2 N–H and O–H groups in total. The Morgan fingerprint density at radius 3 is 2.72 bits per heavy atom. The Labute approximate surface area is 107 Å². The van der Waals surface area contributed by atoms with Crippen LogP contribution in [0.4, 0.5) is 0 Å². The van der Waals surface area contributed by atoms with Gasteiger partial charge >= 0.3 is 5.97 Å². The van der Waals surface area contributed by atoms with Crippen LogP contribution < -0.4 is 5.32 Å². The van der Waals surface area contributed by atoms with Crippen LogP contribution in [0.5, 0.6) is 0 Å². The molecule has 2 heterocycles. The first kappa shape index (κ1) is 13.1. The van der Waals surface area contributed by atoms with Crippen molar-refractivity contribution in [1.82, 2.24) is 10.2 Å². The average molecular weight is 252 g/mol. The molecule has 0 bridgehead atoms. The van der Waals surface area contributed by atoms with Crippen LogP contribution in [0.25, 0.3) is 0 Å². The van der Waals surface area contributed by atoms with Crippen LogP contribution in [0.3, 0.4) is 0 Å². The van der Waals surface area contributed by atoms with E-state index in [1.165, 1.54) is 5.57 Å². The predicted octanol–water partition coefficient (Wildman–Crippen LogP) is 0.619. The minimum atomic E-state index is -0.771. The van der Waals surface area contributed by atoms with Crippen molar-refractivity contribution in [1.29, 1.82) is 0 Å². The summed E-state index contributed by atoms with van der Waals surface area (Å²) in [7, 11) is 0. The maximum Gasteiger partial charge on any atom is 0.303 e. The summed E-state index contributed by atoms with van der Waals surface area (Å²) in [6.45, 7) is 4.84. The molecule has 0 aromatic carbocycles. The van der Waals surface area contributed by atoms with Crippen molar-refractivity contribution in [3.8, 4) is 0 Å². The standard InChI is InChI=1S/C13H20N2O3/c1-9(11-6-14-7-11)13(18)15-4-2-3-10(8-15)5-12(16)17/h10,14H,2-8H2,1H3,(H,16,17).